The molecule has 0 aliphatic carbocycles. The van der Waals surface area contributed by atoms with Crippen molar-refractivity contribution in [2.45, 2.75) is 26.2 Å². The number of hydrogen-bond donors (Lipinski definition) is 0. The number of nitrogens with zero attached hydrogens (tertiary/aromatic N) is 4. The van der Waals surface area contributed by atoms with E-state index in [1.54, 1.807) is 0 Å². The summed E-state index contributed by atoms with van der Waals surface area (Å²) in [5, 5.41) is 4.47. The lowest BCUT2D eigenvalue weighted by Crippen LogP contribution is -2.12. The van der Waals surface area contributed by atoms with Crippen molar-refractivity contribution in [3.05, 3.63) is 157 Å². The molecule has 0 bridgehead atoms. The monoisotopic (exact) mass is 634 g/mol. The quantitative estimate of drug-likeness (QED) is 0.194. The van der Waals surface area contributed by atoms with Crippen molar-refractivity contribution in [3.8, 4) is 22.8 Å². The maximum absolute atomic E-state index is 6.71. The van der Waals surface area contributed by atoms with Crippen LogP contribution in [0.25, 0.3) is 77.5 Å². The van der Waals surface area contributed by atoms with Gasteiger partial charge in [0.25, 0.3) is 0 Å². The van der Waals surface area contributed by atoms with Crippen LogP contribution in [0.5, 0.6) is 0 Å². The fourth-order valence-electron chi connectivity index (χ4n) is 7.02. The highest BCUT2D eigenvalue weighted by molar-refractivity contribution is 6.10. The number of rotatable bonds is 3. The molecule has 0 aliphatic rings. The Morgan fingerprint density at radius 3 is 1.98 bits per heavy atom. The SMILES string of the molecule is CC(C)(C)c1ccnc(-n2c3ccccc3c3ccc(-n4c5ccccc5oc5ccccc5c5ccc(-c6ccccn6)cc54)cc32)c1. The molecule has 4 heterocycles. The summed E-state index contributed by atoms with van der Waals surface area (Å²) in [6.07, 6.45) is 3.77. The van der Waals surface area contributed by atoms with Gasteiger partial charge in [-0.15, -0.1) is 0 Å². The fraction of sp³-hybridized carbons (Fsp3) is 0.0909. The molecule has 0 amide bonds. The second-order valence-electron chi connectivity index (χ2n) is 13.6. The van der Waals surface area contributed by atoms with E-state index < -0.39 is 0 Å². The van der Waals surface area contributed by atoms with Gasteiger partial charge >= 0.3 is 0 Å². The van der Waals surface area contributed by atoms with Gasteiger partial charge in [0, 0.05) is 45.2 Å². The molecule has 9 aromatic rings. The van der Waals surface area contributed by atoms with Gasteiger partial charge in [0.2, 0.25) is 0 Å². The Morgan fingerprint density at radius 1 is 0.490 bits per heavy atom. The first-order valence-electron chi connectivity index (χ1n) is 16.7. The average Bonchev–Trinajstić information content (AvgIpc) is 3.46. The highest BCUT2D eigenvalue weighted by Gasteiger charge is 2.19. The Hall–Kier alpha value is -6.20. The third-order valence-corrected chi connectivity index (χ3v) is 9.46. The molecule has 0 unspecified atom stereocenters. The lowest BCUT2D eigenvalue weighted by molar-refractivity contribution is 0.588. The van der Waals surface area contributed by atoms with Gasteiger partial charge in [-0.2, -0.15) is 0 Å². The first-order chi connectivity index (χ1) is 23.9. The summed E-state index contributed by atoms with van der Waals surface area (Å²) >= 11 is 0. The summed E-state index contributed by atoms with van der Waals surface area (Å²) < 4.78 is 11.3. The smallest absolute Gasteiger partial charge is 0.151 e. The molecule has 5 nitrogen and oxygen atoms in total. The van der Waals surface area contributed by atoms with E-state index in [0.29, 0.717) is 0 Å². The molecule has 0 fully saturated rings. The molecular weight excluding hydrogens is 601 g/mol. The van der Waals surface area contributed by atoms with Crippen LogP contribution in [0.15, 0.2) is 156 Å². The molecule has 0 N–H and O–H groups in total. The topological polar surface area (TPSA) is 48.8 Å². The van der Waals surface area contributed by atoms with Gasteiger partial charge in [0.15, 0.2) is 5.58 Å². The lowest BCUT2D eigenvalue weighted by atomic mass is 9.88. The van der Waals surface area contributed by atoms with Crippen molar-refractivity contribution in [3.63, 3.8) is 0 Å². The minimum atomic E-state index is -0.0127. The van der Waals surface area contributed by atoms with Crippen LogP contribution < -0.4 is 0 Å². The number of fused-ring (bicyclic) bond motifs is 7. The molecule has 49 heavy (non-hydrogen) atoms. The average molecular weight is 635 g/mol. The van der Waals surface area contributed by atoms with E-state index in [2.05, 4.69) is 133 Å². The third-order valence-electron chi connectivity index (χ3n) is 9.46. The molecule has 5 heteroatoms. The Morgan fingerprint density at radius 2 is 1.16 bits per heavy atom. The molecule has 0 radical (unpaired) electrons. The second-order valence-corrected chi connectivity index (χ2v) is 13.6. The van der Waals surface area contributed by atoms with Crippen LogP contribution in [0.2, 0.25) is 0 Å². The van der Waals surface area contributed by atoms with E-state index >= 15 is 0 Å². The van der Waals surface area contributed by atoms with Crippen molar-refractivity contribution in [1.82, 2.24) is 19.1 Å². The first kappa shape index (κ1) is 29.0. The third kappa shape index (κ3) is 4.85. The van der Waals surface area contributed by atoms with E-state index in [-0.39, 0.29) is 5.41 Å². The summed E-state index contributed by atoms with van der Waals surface area (Å²) in [4.78, 5) is 9.64. The van der Waals surface area contributed by atoms with Crippen LogP contribution in [0, 0.1) is 0 Å². The predicted octanol–water partition coefficient (Wildman–Crippen LogP) is 11.5. The van der Waals surface area contributed by atoms with Gasteiger partial charge in [-0.1, -0.05) is 93.6 Å². The molecule has 9 rings (SSSR count). The molecule has 4 aromatic heterocycles. The Balaban J connectivity index is 1.44. The van der Waals surface area contributed by atoms with Crippen molar-refractivity contribution in [2.75, 3.05) is 0 Å². The maximum Gasteiger partial charge on any atom is 0.151 e. The first-order valence-corrected chi connectivity index (χ1v) is 16.7. The van der Waals surface area contributed by atoms with Crippen molar-refractivity contribution >= 4 is 54.8 Å². The van der Waals surface area contributed by atoms with Gasteiger partial charge in [-0.25, -0.2) is 4.98 Å². The van der Waals surface area contributed by atoms with Crippen LogP contribution in [-0.2, 0) is 5.41 Å². The van der Waals surface area contributed by atoms with Crippen LogP contribution in [0.1, 0.15) is 26.3 Å². The minimum absolute atomic E-state index is 0.0127. The summed E-state index contributed by atoms with van der Waals surface area (Å²) in [5.41, 5.74) is 10.0. The van der Waals surface area contributed by atoms with Gasteiger partial charge < -0.3 is 8.98 Å². The van der Waals surface area contributed by atoms with Crippen LogP contribution >= 0.6 is 0 Å². The van der Waals surface area contributed by atoms with E-state index in [1.807, 2.05) is 48.8 Å². The fourth-order valence-corrected chi connectivity index (χ4v) is 7.02. The summed E-state index contributed by atoms with van der Waals surface area (Å²) in [7, 11) is 0. The van der Waals surface area contributed by atoms with Crippen LogP contribution in [-0.4, -0.2) is 19.1 Å². The molecule has 0 spiro atoms. The largest absolute Gasteiger partial charge is 0.455 e. The highest BCUT2D eigenvalue weighted by atomic mass is 16.3. The molecule has 236 valence electrons. The van der Waals surface area contributed by atoms with Crippen molar-refractivity contribution in [2.24, 2.45) is 0 Å². The molecule has 0 aliphatic heterocycles. The molecule has 5 aromatic carbocycles. The number of aromatic nitrogens is 4. The Bertz CT molecular complexity index is 2760. The van der Waals surface area contributed by atoms with Crippen molar-refractivity contribution < 1.29 is 4.42 Å². The van der Waals surface area contributed by atoms with Gasteiger partial charge in [-0.3, -0.25) is 9.55 Å². The Kier molecular flexibility index (Phi) is 6.63. The number of para-hydroxylation sites is 4. The molecule has 0 saturated heterocycles. The number of hydrogen-bond acceptors (Lipinski definition) is 3. The molecule has 0 atom stereocenters. The van der Waals surface area contributed by atoms with E-state index in [0.717, 1.165) is 66.8 Å². The zero-order valence-electron chi connectivity index (χ0n) is 27.6. The summed E-state index contributed by atoms with van der Waals surface area (Å²) in [6, 6.07) is 48.9. The lowest BCUT2D eigenvalue weighted by Gasteiger charge is -2.20. The zero-order valence-corrected chi connectivity index (χ0v) is 27.6. The van der Waals surface area contributed by atoms with Gasteiger partial charge in [0.1, 0.15) is 11.4 Å². The van der Waals surface area contributed by atoms with Gasteiger partial charge in [0.05, 0.1) is 27.8 Å². The number of benzene rings is 5. The number of pyridine rings is 2. The van der Waals surface area contributed by atoms with Crippen LogP contribution in [0.4, 0.5) is 0 Å². The Labute approximate surface area is 284 Å². The summed E-state index contributed by atoms with van der Waals surface area (Å²) in [5.74, 6) is 0.902. The second kappa shape index (κ2) is 11.2. The standard InChI is InChI=1S/C44H34N4O/c1-44(2,3)30-23-25-46-43(27-30)48-37-15-6-4-12-32(37)33-22-20-31(28-40(33)48)47-38-16-7-9-18-42(38)49-41-17-8-5-13-35(41)34-21-19-29(26-39(34)47)36-14-10-11-24-45-36/h4-28H,1-3H3. The van der Waals surface area contributed by atoms with Crippen LogP contribution in [0.3, 0.4) is 0 Å². The molecule has 0 saturated carbocycles. The minimum Gasteiger partial charge on any atom is -0.455 e. The normalized spacial score (nSPS) is 12.0. The van der Waals surface area contributed by atoms with Gasteiger partial charge in [-0.05, 0) is 77.7 Å². The zero-order chi connectivity index (χ0) is 33.1. The molecular formula is C44H34N4O. The highest BCUT2D eigenvalue weighted by Crippen LogP contribution is 2.37. The summed E-state index contributed by atoms with van der Waals surface area (Å²) in [6.45, 7) is 6.73. The predicted molar refractivity (Wildman–Crippen MR) is 202 cm³/mol. The maximum atomic E-state index is 6.71. The van der Waals surface area contributed by atoms with E-state index in [4.69, 9.17) is 14.4 Å². The van der Waals surface area contributed by atoms with E-state index in [1.165, 1.54) is 16.3 Å². The van der Waals surface area contributed by atoms with E-state index in [9.17, 15) is 0 Å². The van der Waals surface area contributed by atoms with Crippen molar-refractivity contribution in [1.29, 1.82) is 0 Å².